The van der Waals surface area contributed by atoms with Gasteiger partial charge in [-0.05, 0) is 50.8 Å². The Morgan fingerprint density at radius 2 is 1.94 bits per heavy atom. The molecule has 2 N–H and O–H groups in total. The van der Waals surface area contributed by atoms with E-state index in [-0.39, 0.29) is 0 Å². The van der Waals surface area contributed by atoms with E-state index in [2.05, 4.69) is 16.7 Å². The molecule has 0 saturated heterocycles. The van der Waals surface area contributed by atoms with E-state index in [4.69, 9.17) is 5.26 Å². The van der Waals surface area contributed by atoms with Gasteiger partial charge in [0.25, 0.3) is 0 Å². The van der Waals surface area contributed by atoms with Crippen molar-refractivity contribution in [3.8, 4) is 6.07 Å². The monoisotopic (exact) mass is 243 g/mol. The van der Waals surface area contributed by atoms with Crippen LogP contribution in [0.3, 0.4) is 0 Å². The summed E-state index contributed by atoms with van der Waals surface area (Å²) in [5.41, 5.74) is 1.71. The molecule has 1 aliphatic rings. The Balaban J connectivity index is 1.84. The van der Waals surface area contributed by atoms with Crippen LogP contribution in [0.25, 0.3) is 0 Å². The summed E-state index contributed by atoms with van der Waals surface area (Å²) in [6, 6.07) is 10.7. The summed E-state index contributed by atoms with van der Waals surface area (Å²) < 4.78 is 0. The van der Waals surface area contributed by atoms with E-state index in [1.165, 1.54) is 25.7 Å². The second-order valence-corrected chi connectivity index (χ2v) is 5.04. The van der Waals surface area contributed by atoms with E-state index in [1.54, 1.807) is 0 Å². The number of nitriles is 1. The number of hydrogen-bond donors (Lipinski definition) is 2. The Bertz CT molecular complexity index is 414. The quantitative estimate of drug-likeness (QED) is 0.855. The standard InChI is InChI=1S/C15H21N3/c1-17-14-8-6-12(7-9-14)11-18-15-5-3-2-4-13(15)10-16/h2-5,12,14,17-18H,6-9,11H2,1H3. The molecule has 96 valence electrons. The molecule has 2 rings (SSSR count). The Morgan fingerprint density at radius 3 is 2.61 bits per heavy atom. The van der Waals surface area contributed by atoms with Crippen LogP contribution in [0, 0.1) is 17.2 Å². The van der Waals surface area contributed by atoms with E-state index in [0.717, 1.165) is 23.7 Å². The second-order valence-electron chi connectivity index (χ2n) is 5.04. The molecule has 1 aromatic rings. The van der Waals surface area contributed by atoms with Gasteiger partial charge in [0.15, 0.2) is 0 Å². The molecule has 0 unspecified atom stereocenters. The van der Waals surface area contributed by atoms with Crippen molar-refractivity contribution in [2.45, 2.75) is 31.7 Å². The molecule has 0 aromatic heterocycles. The second kappa shape index (κ2) is 6.42. The van der Waals surface area contributed by atoms with Crippen molar-refractivity contribution in [1.29, 1.82) is 5.26 Å². The van der Waals surface area contributed by atoms with Crippen molar-refractivity contribution < 1.29 is 0 Å². The summed E-state index contributed by atoms with van der Waals surface area (Å²) in [6.07, 6.45) is 5.08. The largest absolute Gasteiger partial charge is 0.384 e. The van der Waals surface area contributed by atoms with Gasteiger partial charge < -0.3 is 10.6 Å². The maximum atomic E-state index is 9.02. The Kier molecular flexibility index (Phi) is 4.60. The van der Waals surface area contributed by atoms with Gasteiger partial charge >= 0.3 is 0 Å². The lowest BCUT2D eigenvalue weighted by molar-refractivity contribution is 0.312. The number of nitrogens with zero attached hydrogens (tertiary/aromatic N) is 1. The highest BCUT2D eigenvalue weighted by Gasteiger charge is 2.19. The van der Waals surface area contributed by atoms with Crippen LogP contribution in [-0.4, -0.2) is 19.6 Å². The van der Waals surface area contributed by atoms with Crippen molar-refractivity contribution in [3.05, 3.63) is 29.8 Å². The molecule has 0 atom stereocenters. The lowest BCUT2D eigenvalue weighted by Crippen LogP contribution is -2.32. The van der Waals surface area contributed by atoms with Gasteiger partial charge in [0.05, 0.1) is 11.3 Å². The predicted octanol–water partition coefficient (Wildman–Crippen LogP) is 2.75. The smallest absolute Gasteiger partial charge is 0.101 e. The summed E-state index contributed by atoms with van der Waals surface area (Å²) >= 11 is 0. The van der Waals surface area contributed by atoms with Gasteiger partial charge in [0.2, 0.25) is 0 Å². The molecule has 1 fully saturated rings. The maximum absolute atomic E-state index is 9.02. The van der Waals surface area contributed by atoms with E-state index < -0.39 is 0 Å². The van der Waals surface area contributed by atoms with Crippen LogP contribution in [0.1, 0.15) is 31.2 Å². The Morgan fingerprint density at radius 1 is 1.22 bits per heavy atom. The highest BCUT2D eigenvalue weighted by molar-refractivity contribution is 5.57. The zero-order chi connectivity index (χ0) is 12.8. The zero-order valence-electron chi connectivity index (χ0n) is 10.9. The molecule has 0 radical (unpaired) electrons. The summed E-state index contributed by atoms with van der Waals surface area (Å²) in [6.45, 7) is 0.981. The SMILES string of the molecule is CNC1CCC(CNc2ccccc2C#N)CC1. The third kappa shape index (κ3) is 3.24. The Labute approximate surface area is 109 Å². The molecule has 3 nitrogen and oxygen atoms in total. The topological polar surface area (TPSA) is 47.8 Å². The molecule has 1 aromatic carbocycles. The van der Waals surface area contributed by atoms with Gasteiger partial charge in [-0.2, -0.15) is 5.26 Å². The number of para-hydroxylation sites is 1. The summed E-state index contributed by atoms with van der Waals surface area (Å²) in [5, 5.41) is 15.8. The average Bonchev–Trinajstić information content (AvgIpc) is 2.46. The highest BCUT2D eigenvalue weighted by atomic mass is 14.9. The molecule has 0 bridgehead atoms. The highest BCUT2D eigenvalue weighted by Crippen LogP contribution is 2.25. The zero-order valence-corrected chi connectivity index (χ0v) is 10.9. The Hall–Kier alpha value is -1.53. The van der Waals surface area contributed by atoms with Crippen LogP contribution in [-0.2, 0) is 0 Å². The summed E-state index contributed by atoms with van der Waals surface area (Å²) in [7, 11) is 2.05. The average molecular weight is 243 g/mol. The van der Waals surface area contributed by atoms with Crippen LogP contribution in [0.4, 0.5) is 5.69 Å². The van der Waals surface area contributed by atoms with Crippen molar-refractivity contribution in [1.82, 2.24) is 5.32 Å². The normalized spacial score (nSPS) is 23.3. The molecule has 0 spiro atoms. The molecule has 18 heavy (non-hydrogen) atoms. The number of rotatable bonds is 4. The minimum atomic E-state index is 0.702. The van der Waals surface area contributed by atoms with Gasteiger partial charge in [0, 0.05) is 12.6 Å². The third-order valence-electron chi connectivity index (χ3n) is 3.88. The van der Waals surface area contributed by atoms with E-state index in [9.17, 15) is 0 Å². The van der Waals surface area contributed by atoms with Gasteiger partial charge in [-0.1, -0.05) is 12.1 Å². The number of benzene rings is 1. The van der Waals surface area contributed by atoms with Crippen LogP contribution < -0.4 is 10.6 Å². The molecule has 1 saturated carbocycles. The first-order valence-electron chi connectivity index (χ1n) is 6.73. The van der Waals surface area contributed by atoms with Crippen molar-refractivity contribution in [2.24, 2.45) is 5.92 Å². The van der Waals surface area contributed by atoms with E-state index in [0.29, 0.717) is 6.04 Å². The minimum absolute atomic E-state index is 0.702. The molecule has 0 aliphatic heterocycles. The summed E-state index contributed by atoms with van der Waals surface area (Å²) in [4.78, 5) is 0. The fourth-order valence-electron chi connectivity index (χ4n) is 2.64. The van der Waals surface area contributed by atoms with Crippen LogP contribution >= 0.6 is 0 Å². The van der Waals surface area contributed by atoms with Crippen molar-refractivity contribution >= 4 is 5.69 Å². The van der Waals surface area contributed by atoms with Gasteiger partial charge in [0.1, 0.15) is 6.07 Å². The third-order valence-corrected chi connectivity index (χ3v) is 3.88. The predicted molar refractivity (Wildman–Crippen MR) is 74.5 cm³/mol. The maximum Gasteiger partial charge on any atom is 0.101 e. The van der Waals surface area contributed by atoms with Crippen molar-refractivity contribution in [3.63, 3.8) is 0 Å². The van der Waals surface area contributed by atoms with Crippen LogP contribution in [0.2, 0.25) is 0 Å². The van der Waals surface area contributed by atoms with Gasteiger partial charge in [-0.15, -0.1) is 0 Å². The van der Waals surface area contributed by atoms with Crippen LogP contribution in [0.5, 0.6) is 0 Å². The molecule has 0 amide bonds. The number of nitrogens with one attached hydrogen (secondary N) is 2. The molecule has 0 heterocycles. The lowest BCUT2D eigenvalue weighted by Gasteiger charge is -2.28. The van der Waals surface area contributed by atoms with Crippen molar-refractivity contribution in [2.75, 3.05) is 18.9 Å². The first kappa shape index (κ1) is 12.9. The molecular weight excluding hydrogens is 222 g/mol. The van der Waals surface area contributed by atoms with E-state index in [1.807, 2.05) is 31.3 Å². The summed E-state index contributed by atoms with van der Waals surface area (Å²) in [5.74, 6) is 0.737. The molecule has 3 heteroatoms. The van der Waals surface area contributed by atoms with Gasteiger partial charge in [-0.3, -0.25) is 0 Å². The molecule has 1 aliphatic carbocycles. The lowest BCUT2D eigenvalue weighted by atomic mass is 9.86. The fraction of sp³-hybridized carbons (Fsp3) is 0.533. The number of anilines is 1. The van der Waals surface area contributed by atoms with Gasteiger partial charge in [-0.25, -0.2) is 0 Å². The first-order chi connectivity index (χ1) is 8.83. The number of hydrogen-bond acceptors (Lipinski definition) is 3. The minimum Gasteiger partial charge on any atom is -0.384 e. The van der Waals surface area contributed by atoms with E-state index >= 15 is 0 Å². The van der Waals surface area contributed by atoms with Crippen LogP contribution in [0.15, 0.2) is 24.3 Å². The molecular formula is C15H21N3. The fourth-order valence-corrected chi connectivity index (χ4v) is 2.64. The first-order valence-corrected chi connectivity index (χ1v) is 6.73.